The SMILES string of the molecule is O=C(Nc1ncn(Cc2ccc(Br)cc2)n1)c1ccc(OCC(F)(F)F)cc1. The zero-order chi connectivity index (χ0) is 20.1. The molecule has 10 heteroatoms. The van der Waals surface area contributed by atoms with E-state index in [1.807, 2.05) is 24.3 Å². The highest BCUT2D eigenvalue weighted by molar-refractivity contribution is 9.10. The molecule has 0 aliphatic rings. The molecule has 0 saturated heterocycles. The fraction of sp³-hybridized carbons (Fsp3) is 0.167. The van der Waals surface area contributed by atoms with E-state index in [4.69, 9.17) is 0 Å². The maximum absolute atomic E-state index is 12.2. The highest BCUT2D eigenvalue weighted by Gasteiger charge is 2.28. The smallest absolute Gasteiger partial charge is 0.422 e. The number of rotatable bonds is 6. The van der Waals surface area contributed by atoms with Gasteiger partial charge in [0.2, 0.25) is 5.95 Å². The van der Waals surface area contributed by atoms with Crippen molar-refractivity contribution < 1.29 is 22.7 Å². The van der Waals surface area contributed by atoms with Crippen molar-refractivity contribution in [1.29, 1.82) is 0 Å². The molecule has 28 heavy (non-hydrogen) atoms. The molecule has 3 rings (SSSR count). The minimum atomic E-state index is -4.42. The number of hydrogen-bond acceptors (Lipinski definition) is 4. The predicted molar refractivity (Wildman–Crippen MR) is 99.2 cm³/mol. The summed E-state index contributed by atoms with van der Waals surface area (Å²) in [4.78, 5) is 16.3. The summed E-state index contributed by atoms with van der Waals surface area (Å²) in [6.45, 7) is -0.903. The van der Waals surface area contributed by atoms with Gasteiger partial charge in [0.25, 0.3) is 5.91 Å². The summed E-state index contributed by atoms with van der Waals surface area (Å²) in [7, 11) is 0. The van der Waals surface area contributed by atoms with Crippen LogP contribution in [0, 0.1) is 0 Å². The third-order valence-corrected chi connectivity index (χ3v) is 4.07. The molecule has 0 saturated carbocycles. The van der Waals surface area contributed by atoms with Crippen LogP contribution in [0.2, 0.25) is 0 Å². The first-order valence-corrected chi connectivity index (χ1v) is 8.83. The van der Waals surface area contributed by atoms with E-state index >= 15 is 0 Å². The third-order valence-electron chi connectivity index (χ3n) is 3.54. The van der Waals surface area contributed by atoms with E-state index in [-0.39, 0.29) is 17.3 Å². The number of nitrogens with one attached hydrogen (secondary N) is 1. The topological polar surface area (TPSA) is 69.0 Å². The molecule has 0 spiro atoms. The molecule has 1 aromatic heterocycles. The first kappa shape index (κ1) is 19.9. The summed E-state index contributed by atoms with van der Waals surface area (Å²) >= 11 is 3.37. The maximum Gasteiger partial charge on any atom is 0.422 e. The number of carbonyl (C=O) groups excluding carboxylic acids is 1. The van der Waals surface area contributed by atoms with Crippen LogP contribution in [0.25, 0.3) is 0 Å². The zero-order valence-electron chi connectivity index (χ0n) is 14.3. The molecular weight excluding hydrogens is 441 g/mol. The standard InChI is InChI=1S/C18H14BrF3N4O2/c19-14-5-1-12(2-6-14)9-26-11-23-17(25-26)24-16(27)13-3-7-15(8-4-13)28-10-18(20,21)22/h1-8,11H,9-10H2,(H,24,25,27). The Kier molecular flexibility index (Phi) is 5.98. The van der Waals surface area contributed by atoms with Crippen molar-refractivity contribution in [3.05, 3.63) is 70.5 Å². The molecule has 3 aromatic rings. The number of nitrogens with zero attached hydrogens (tertiary/aromatic N) is 3. The molecule has 0 bridgehead atoms. The van der Waals surface area contributed by atoms with E-state index in [0.29, 0.717) is 6.54 Å². The quantitative estimate of drug-likeness (QED) is 0.603. The van der Waals surface area contributed by atoms with Crippen molar-refractivity contribution in [2.75, 3.05) is 11.9 Å². The Balaban J connectivity index is 1.57. The molecule has 0 unspecified atom stereocenters. The van der Waals surface area contributed by atoms with Gasteiger partial charge in [-0.2, -0.15) is 13.2 Å². The van der Waals surface area contributed by atoms with Crippen LogP contribution < -0.4 is 10.1 Å². The Morgan fingerprint density at radius 3 is 2.43 bits per heavy atom. The van der Waals surface area contributed by atoms with E-state index in [2.05, 4.69) is 36.1 Å². The van der Waals surface area contributed by atoms with E-state index in [9.17, 15) is 18.0 Å². The van der Waals surface area contributed by atoms with Crippen LogP contribution in [0.4, 0.5) is 19.1 Å². The molecule has 0 atom stereocenters. The van der Waals surface area contributed by atoms with Gasteiger partial charge in [-0.05, 0) is 42.0 Å². The van der Waals surface area contributed by atoms with Gasteiger partial charge >= 0.3 is 6.18 Å². The largest absolute Gasteiger partial charge is 0.484 e. The number of ether oxygens (including phenoxy) is 1. The average molecular weight is 455 g/mol. The normalized spacial score (nSPS) is 11.3. The molecular formula is C18H14BrF3N4O2. The second-order valence-electron chi connectivity index (χ2n) is 5.77. The van der Waals surface area contributed by atoms with E-state index in [1.165, 1.54) is 30.6 Å². The molecule has 6 nitrogen and oxygen atoms in total. The second-order valence-corrected chi connectivity index (χ2v) is 6.69. The summed E-state index contributed by atoms with van der Waals surface area (Å²) < 4.78 is 43.6. The monoisotopic (exact) mass is 454 g/mol. The highest BCUT2D eigenvalue weighted by Crippen LogP contribution is 2.19. The van der Waals surface area contributed by atoms with Crippen LogP contribution in [0.3, 0.4) is 0 Å². The fourth-order valence-electron chi connectivity index (χ4n) is 2.25. The predicted octanol–water partition coefficient (Wildman–Crippen LogP) is 4.28. The van der Waals surface area contributed by atoms with Crippen molar-refractivity contribution in [1.82, 2.24) is 14.8 Å². The lowest BCUT2D eigenvalue weighted by atomic mass is 10.2. The minimum Gasteiger partial charge on any atom is -0.484 e. The van der Waals surface area contributed by atoms with Crippen LogP contribution in [0.1, 0.15) is 15.9 Å². The van der Waals surface area contributed by atoms with Gasteiger partial charge in [-0.1, -0.05) is 28.1 Å². The van der Waals surface area contributed by atoms with Crippen LogP contribution >= 0.6 is 15.9 Å². The number of anilines is 1. The van der Waals surface area contributed by atoms with Gasteiger partial charge < -0.3 is 4.74 Å². The number of alkyl halides is 3. The molecule has 0 fully saturated rings. The van der Waals surface area contributed by atoms with Crippen LogP contribution in [0.15, 0.2) is 59.3 Å². The van der Waals surface area contributed by atoms with Crippen molar-refractivity contribution >= 4 is 27.8 Å². The number of halogens is 4. The van der Waals surface area contributed by atoms with Gasteiger partial charge in [0, 0.05) is 10.0 Å². The summed E-state index contributed by atoms with van der Waals surface area (Å²) in [6, 6.07) is 13.0. The average Bonchev–Trinajstić information content (AvgIpc) is 3.08. The molecule has 1 heterocycles. The summed E-state index contributed by atoms with van der Waals surface area (Å²) in [5.41, 5.74) is 1.25. The number of aromatic nitrogens is 3. The number of benzene rings is 2. The minimum absolute atomic E-state index is 0.0192. The lowest BCUT2D eigenvalue weighted by molar-refractivity contribution is -0.153. The van der Waals surface area contributed by atoms with Gasteiger partial charge in [-0.3, -0.25) is 10.1 Å². The molecule has 146 valence electrons. The van der Waals surface area contributed by atoms with Gasteiger partial charge in [0.15, 0.2) is 6.61 Å². The van der Waals surface area contributed by atoms with Crippen LogP contribution in [-0.2, 0) is 6.54 Å². The van der Waals surface area contributed by atoms with Gasteiger partial charge in [-0.15, -0.1) is 5.10 Å². The van der Waals surface area contributed by atoms with Crippen LogP contribution in [-0.4, -0.2) is 33.5 Å². The van der Waals surface area contributed by atoms with Crippen molar-refractivity contribution in [3.63, 3.8) is 0 Å². The number of carbonyl (C=O) groups is 1. The number of amides is 1. The Hall–Kier alpha value is -2.88. The van der Waals surface area contributed by atoms with Crippen molar-refractivity contribution in [2.45, 2.75) is 12.7 Å². The van der Waals surface area contributed by atoms with Crippen molar-refractivity contribution in [3.8, 4) is 5.75 Å². The molecule has 1 N–H and O–H groups in total. The fourth-order valence-corrected chi connectivity index (χ4v) is 2.51. The zero-order valence-corrected chi connectivity index (χ0v) is 15.9. The Morgan fingerprint density at radius 1 is 1.11 bits per heavy atom. The summed E-state index contributed by atoms with van der Waals surface area (Å²) in [5, 5.41) is 6.72. The van der Waals surface area contributed by atoms with E-state index in [0.717, 1.165) is 10.0 Å². The summed E-state index contributed by atoms with van der Waals surface area (Å²) in [6.07, 6.45) is -2.93. The first-order chi connectivity index (χ1) is 13.3. The van der Waals surface area contributed by atoms with E-state index in [1.54, 1.807) is 4.68 Å². The molecule has 1 amide bonds. The van der Waals surface area contributed by atoms with Crippen molar-refractivity contribution in [2.24, 2.45) is 0 Å². The molecule has 2 aromatic carbocycles. The van der Waals surface area contributed by atoms with E-state index < -0.39 is 18.7 Å². The lowest BCUT2D eigenvalue weighted by Crippen LogP contribution is -2.19. The number of hydrogen-bond donors (Lipinski definition) is 1. The molecule has 0 aliphatic heterocycles. The maximum atomic E-state index is 12.2. The highest BCUT2D eigenvalue weighted by atomic mass is 79.9. The second kappa shape index (κ2) is 8.42. The third kappa shape index (κ3) is 5.81. The Labute approximate surface area is 166 Å². The Morgan fingerprint density at radius 2 is 1.79 bits per heavy atom. The van der Waals surface area contributed by atoms with Gasteiger partial charge in [0.05, 0.1) is 6.54 Å². The Bertz CT molecular complexity index is 941. The molecule has 0 aliphatic carbocycles. The first-order valence-electron chi connectivity index (χ1n) is 8.03. The van der Waals surface area contributed by atoms with Gasteiger partial charge in [-0.25, -0.2) is 9.67 Å². The van der Waals surface area contributed by atoms with Crippen LogP contribution in [0.5, 0.6) is 5.75 Å². The van der Waals surface area contributed by atoms with Gasteiger partial charge in [0.1, 0.15) is 12.1 Å². The summed E-state index contributed by atoms with van der Waals surface area (Å²) in [5.74, 6) is -0.339. The molecule has 0 radical (unpaired) electrons. The lowest BCUT2D eigenvalue weighted by Gasteiger charge is -2.09.